The van der Waals surface area contributed by atoms with E-state index in [-0.39, 0.29) is 11.5 Å². The maximum absolute atomic E-state index is 12.8. The van der Waals surface area contributed by atoms with Crippen molar-refractivity contribution in [1.29, 1.82) is 0 Å². The van der Waals surface area contributed by atoms with Gasteiger partial charge in [0.2, 0.25) is 0 Å². The van der Waals surface area contributed by atoms with Crippen molar-refractivity contribution in [2.45, 2.75) is 11.8 Å². The molecule has 3 fully saturated rings. The largest absolute Gasteiger partial charge is 0.416 e. The van der Waals surface area contributed by atoms with Crippen LogP contribution in [-0.4, -0.2) is 56.1 Å². The number of fused-ring (bicyclic) bond motifs is 1. The highest BCUT2D eigenvalue weighted by Gasteiger charge is 2.48. The van der Waals surface area contributed by atoms with Crippen molar-refractivity contribution in [1.82, 2.24) is 4.90 Å². The number of hydrogen-bond donors (Lipinski definition) is 1. The van der Waals surface area contributed by atoms with Crippen LogP contribution in [0.5, 0.6) is 0 Å². The van der Waals surface area contributed by atoms with Gasteiger partial charge in [-0.3, -0.25) is 0 Å². The van der Waals surface area contributed by atoms with E-state index < -0.39 is 27.2 Å². The number of likely N-dealkylation sites (tertiary alicyclic amines) is 1. The molecule has 5 rings (SSSR count). The molecule has 3 aliphatic rings. The molecule has 0 radical (unpaired) electrons. The van der Waals surface area contributed by atoms with Crippen LogP contribution in [0.15, 0.2) is 55.1 Å². The average molecular weight is 479 g/mol. The first-order chi connectivity index (χ1) is 15.4. The minimum Gasteiger partial charge on any atom is -0.383 e. The Morgan fingerprint density at radius 2 is 1.48 bits per heavy atom. The van der Waals surface area contributed by atoms with Gasteiger partial charge in [0.05, 0.1) is 17.1 Å². The van der Waals surface area contributed by atoms with E-state index in [9.17, 15) is 26.7 Å². The summed E-state index contributed by atoms with van der Waals surface area (Å²) in [6, 6.07) is 12.6. The summed E-state index contributed by atoms with van der Waals surface area (Å²) in [6.07, 6.45) is -4.33. The van der Waals surface area contributed by atoms with Crippen molar-refractivity contribution >= 4 is 21.2 Å². The lowest BCUT2D eigenvalue weighted by Crippen LogP contribution is -2.52. The van der Waals surface area contributed by atoms with Crippen LogP contribution >= 0.6 is 0 Å². The zero-order valence-electron chi connectivity index (χ0n) is 17.9. The number of aliphatic hydroxyl groups is 1. The van der Waals surface area contributed by atoms with E-state index in [1.54, 1.807) is 24.3 Å². The molecule has 2 unspecified atom stereocenters. The van der Waals surface area contributed by atoms with E-state index in [0.29, 0.717) is 17.4 Å². The minimum atomic E-state index is -4.33. The Morgan fingerprint density at radius 1 is 0.939 bits per heavy atom. The first-order valence-electron chi connectivity index (χ1n) is 10.8. The number of alkyl halides is 3. The fourth-order valence-corrected chi connectivity index (χ4v) is 7.00. The molecule has 176 valence electrons. The summed E-state index contributed by atoms with van der Waals surface area (Å²) < 4.78 is 61.4. The van der Waals surface area contributed by atoms with Crippen LogP contribution in [0.2, 0.25) is 0 Å². The number of hydrogen-bond acceptors (Lipinski definition) is 5. The lowest BCUT2D eigenvalue weighted by molar-refractivity contribution is -0.137. The number of halogens is 3. The smallest absolute Gasteiger partial charge is 0.383 e. The number of benzene rings is 2. The summed E-state index contributed by atoms with van der Waals surface area (Å²) in [7, 11) is -3.15. The monoisotopic (exact) mass is 478 g/mol. The van der Waals surface area contributed by atoms with Crippen LogP contribution in [0.25, 0.3) is 5.70 Å². The van der Waals surface area contributed by atoms with Gasteiger partial charge < -0.3 is 14.9 Å². The van der Waals surface area contributed by atoms with Gasteiger partial charge in [-0.2, -0.15) is 13.2 Å². The van der Waals surface area contributed by atoms with Crippen LogP contribution in [-0.2, 0) is 21.6 Å². The molecule has 2 atom stereocenters. The molecule has 3 heterocycles. The normalized spacial score (nSPS) is 25.6. The standard InChI is InChI=1S/C24H25F3N2O3S/c1-16(17-2-4-20(5-3-17)23(30)14-33(31,32)15-23)28-10-18-12-29(13-19(18)11-28)22-8-6-21(7-9-22)24(25,26)27/h2-9,18-19,30H,1,10-15H2. The summed E-state index contributed by atoms with van der Waals surface area (Å²) in [5, 5.41) is 10.5. The van der Waals surface area contributed by atoms with Crippen molar-refractivity contribution in [2.75, 3.05) is 42.6 Å². The number of rotatable bonds is 4. The molecule has 3 aliphatic heterocycles. The Labute approximate surface area is 191 Å². The van der Waals surface area contributed by atoms with E-state index in [4.69, 9.17) is 0 Å². The lowest BCUT2D eigenvalue weighted by Gasteiger charge is -2.36. The first kappa shape index (κ1) is 22.3. The summed E-state index contributed by atoms with van der Waals surface area (Å²) in [4.78, 5) is 4.38. The fourth-order valence-electron chi connectivity index (χ4n) is 5.29. The topological polar surface area (TPSA) is 60.9 Å². The van der Waals surface area contributed by atoms with Crippen molar-refractivity contribution in [3.05, 3.63) is 71.8 Å². The molecule has 3 saturated heterocycles. The molecule has 2 aromatic rings. The Bertz CT molecular complexity index is 1150. The predicted octanol–water partition coefficient (Wildman–Crippen LogP) is 3.36. The summed E-state index contributed by atoms with van der Waals surface area (Å²) in [5.41, 5.74) is 1.28. The maximum atomic E-state index is 12.8. The first-order valence-corrected chi connectivity index (χ1v) is 12.7. The molecule has 5 nitrogen and oxygen atoms in total. The second kappa shape index (κ2) is 7.50. The van der Waals surface area contributed by atoms with Gasteiger partial charge in [0.1, 0.15) is 5.60 Å². The molecule has 0 bridgehead atoms. The lowest BCUT2D eigenvalue weighted by atomic mass is 9.95. The van der Waals surface area contributed by atoms with E-state index >= 15 is 0 Å². The van der Waals surface area contributed by atoms with Gasteiger partial charge in [-0.15, -0.1) is 0 Å². The van der Waals surface area contributed by atoms with Crippen molar-refractivity contribution in [3.8, 4) is 0 Å². The number of sulfone groups is 1. The number of anilines is 1. The van der Waals surface area contributed by atoms with Crippen LogP contribution in [0.4, 0.5) is 18.9 Å². The SMILES string of the molecule is C=C(c1ccc(C2(O)CS(=O)(=O)C2)cc1)N1CC2CN(c3ccc(C(F)(F)F)cc3)CC2C1. The minimum absolute atomic E-state index is 0.245. The van der Waals surface area contributed by atoms with Crippen molar-refractivity contribution in [3.63, 3.8) is 0 Å². The highest BCUT2D eigenvalue weighted by atomic mass is 32.2. The van der Waals surface area contributed by atoms with Gasteiger partial charge in [-0.05, 0) is 35.4 Å². The Kier molecular flexibility index (Phi) is 5.06. The molecule has 1 N–H and O–H groups in total. The van der Waals surface area contributed by atoms with Crippen LogP contribution in [0.3, 0.4) is 0 Å². The summed E-state index contributed by atoms with van der Waals surface area (Å²) in [6.45, 7) is 7.47. The van der Waals surface area contributed by atoms with Crippen LogP contribution < -0.4 is 4.90 Å². The third-order valence-corrected chi connectivity index (χ3v) is 8.94. The van der Waals surface area contributed by atoms with Gasteiger partial charge in [-0.25, -0.2) is 8.42 Å². The summed E-state index contributed by atoms with van der Waals surface area (Å²) >= 11 is 0. The highest BCUT2D eigenvalue weighted by molar-refractivity contribution is 7.92. The predicted molar refractivity (Wildman–Crippen MR) is 120 cm³/mol. The molecule has 2 aromatic carbocycles. The third kappa shape index (κ3) is 4.12. The van der Waals surface area contributed by atoms with Gasteiger partial charge in [0.25, 0.3) is 0 Å². The fraction of sp³-hybridized carbons (Fsp3) is 0.417. The average Bonchev–Trinajstić information content (AvgIpc) is 3.31. The second-order valence-corrected chi connectivity index (χ2v) is 11.5. The molecule has 9 heteroatoms. The Hall–Kier alpha value is -2.52. The second-order valence-electron chi connectivity index (χ2n) is 9.46. The van der Waals surface area contributed by atoms with E-state index in [1.165, 1.54) is 0 Å². The van der Waals surface area contributed by atoms with E-state index in [2.05, 4.69) is 16.4 Å². The molecule has 0 aromatic heterocycles. The third-order valence-electron chi connectivity index (χ3n) is 7.10. The van der Waals surface area contributed by atoms with Gasteiger partial charge >= 0.3 is 6.18 Å². The van der Waals surface area contributed by atoms with E-state index in [0.717, 1.165) is 55.3 Å². The molecule has 0 saturated carbocycles. The number of nitrogens with zero attached hydrogens (tertiary/aromatic N) is 2. The summed E-state index contributed by atoms with van der Waals surface area (Å²) in [5.74, 6) is 0.324. The molecule has 33 heavy (non-hydrogen) atoms. The molecule has 0 spiro atoms. The molecular weight excluding hydrogens is 453 g/mol. The van der Waals surface area contributed by atoms with Crippen molar-refractivity contribution in [2.24, 2.45) is 11.8 Å². The van der Waals surface area contributed by atoms with Crippen LogP contribution in [0.1, 0.15) is 16.7 Å². The molecule has 0 aliphatic carbocycles. The van der Waals surface area contributed by atoms with Gasteiger partial charge in [0, 0.05) is 49.4 Å². The molecular formula is C24H25F3N2O3S. The van der Waals surface area contributed by atoms with Gasteiger partial charge in [0.15, 0.2) is 9.84 Å². The van der Waals surface area contributed by atoms with Gasteiger partial charge in [-0.1, -0.05) is 30.8 Å². The maximum Gasteiger partial charge on any atom is 0.416 e. The van der Waals surface area contributed by atoms with Crippen molar-refractivity contribution < 1.29 is 26.7 Å². The zero-order chi connectivity index (χ0) is 23.6. The Balaban J connectivity index is 1.20. The molecule has 0 amide bonds. The Morgan fingerprint density at radius 3 is 1.97 bits per heavy atom. The van der Waals surface area contributed by atoms with Crippen LogP contribution in [0, 0.1) is 11.8 Å². The zero-order valence-corrected chi connectivity index (χ0v) is 18.7. The quantitative estimate of drug-likeness (QED) is 0.731. The van der Waals surface area contributed by atoms with E-state index in [1.807, 2.05) is 12.1 Å². The highest BCUT2D eigenvalue weighted by Crippen LogP contribution is 2.39.